The lowest BCUT2D eigenvalue weighted by Gasteiger charge is -2.21. The Bertz CT molecular complexity index is 1020. The highest BCUT2D eigenvalue weighted by molar-refractivity contribution is 5.95. The average molecular weight is 369 g/mol. The second kappa shape index (κ2) is 7.26. The van der Waals surface area contributed by atoms with Crippen LogP contribution in [-0.4, -0.2) is 4.57 Å². The number of halogens is 2. The molecule has 0 spiro atoms. The first-order valence-corrected chi connectivity index (χ1v) is 9.36. The summed E-state index contributed by atoms with van der Waals surface area (Å²) in [4.78, 5) is 12.8. The Balaban J connectivity index is 2.28. The summed E-state index contributed by atoms with van der Waals surface area (Å²) in [6.45, 7) is 8.00. The zero-order valence-corrected chi connectivity index (χ0v) is 16.3. The fraction of sp³-hybridized carbons (Fsp3) is 0.348. The van der Waals surface area contributed by atoms with Gasteiger partial charge in [0.2, 0.25) is 0 Å². The number of aryl methyl sites for hydroxylation is 1. The zero-order chi connectivity index (χ0) is 19.8. The first-order valence-electron chi connectivity index (χ1n) is 9.36. The quantitative estimate of drug-likeness (QED) is 0.549. The van der Waals surface area contributed by atoms with E-state index < -0.39 is 17.0 Å². The van der Waals surface area contributed by atoms with Crippen molar-refractivity contribution in [1.29, 1.82) is 0 Å². The van der Waals surface area contributed by atoms with Gasteiger partial charge in [-0.15, -0.1) is 0 Å². The molecule has 27 heavy (non-hydrogen) atoms. The molecule has 1 aromatic heterocycles. The Hall–Kier alpha value is -2.49. The van der Waals surface area contributed by atoms with Crippen LogP contribution in [0.4, 0.5) is 8.78 Å². The molecule has 0 N–H and O–H groups in total. The van der Waals surface area contributed by atoms with E-state index in [1.807, 2.05) is 18.2 Å². The Labute approximate surface area is 158 Å². The maximum atomic E-state index is 14.8. The highest BCUT2D eigenvalue weighted by atomic mass is 19.1. The predicted octanol–water partition coefficient (Wildman–Crippen LogP) is 6.04. The van der Waals surface area contributed by atoms with Crippen molar-refractivity contribution in [2.75, 3.05) is 0 Å². The molecule has 0 aliphatic heterocycles. The van der Waals surface area contributed by atoms with E-state index in [-0.39, 0.29) is 11.1 Å². The second-order valence-electron chi connectivity index (χ2n) is 8.01. The summed E-state index contributed by atoms with van der Waals surface area (Å²) in [7, 11) is 0. The van der Waals surface area contributed by atoms with E-state index in [1.54, 1.807) is 37.6 Å². The molecule has 0 aliphatic carbocycles. The monoisotopic (exact) mass is 369 g/mol. The van der Waals surface area contributed by atoms with Crippen molar-refractivity contribution in [3.05, 3.63) is 70.1 Å². The van der Waals surface area contributed by atoms with Gasteiger partial charge < -0.3 is 4.57 Å². The topological polar surface area (TPSA) is 22.0 Å². The van der Waals surface area contributed by atoms with Gasteiger partial charge >= 0.3 is 0 Å². The molecule has 0 atom stereocenters. The van der Waals surface area contributed by atoms with Crippen molar-refractivity contribution in [1.82, 2.24) is 4.57 Å². The van der Waals surface area contributed by atoms with Crippen LogP contribution in [0, 0.1) is 11.6 Å². The van der Waals surface area contributed by atoms with Gasteiger partial charge in [0.1, 0.15) is 11.6 Å². The molecule has 0 bridgehead atoms. The van der Waals surface area contributed by atoms with Gasteiger partial charge in [0.15, 0.2) is 0 Å². The van der Waals surface area contributed by atoms with Gasteiger partial charge in [-0.1, -0.05) is 52.3 Å². The zero-order valence-electron chi connectivity index (χ0n) is 16.3. The van der Waals surface area contributed by atoms with E-state index in [9.17, 15) is 13.6 Å². The largest absolute Gasteiger partial charge is 0.314 e. The van der Waals surface area contributed by atoms with Gasteiger partial charge in [-0.3, -0.25) is 4.79 Å². The Morgan fingerprint density at radius 3 is 2.15 bits per heavy atom. The summed E-state index contributed by atoms with van der Waals surface area (Å²) in [6, 6.07) is 9.98. The summed E-state index contributed by atoms with van der Waals surface area (Å²) in [5.41, 5.74) is 0.484. The number of unbranched alkanes of at least 4 members (excludes halogenated alkanes) is 1. The molecule has 0 saturated heterocycles. The van der Waals surface area contributed by atoms with Gasteiger partial charge in [-0.05, 0) is 41.0 Å². The molecule has 1 heterocycles. The van der Waals surface area contributed by atoms with Crippen LogP contribution in [0.3, 0.4) is 0 Å². The van der Waals surface area contributed by atoms with Crippen LogP contribution < -0.4 is 5.56 Å². The van der Waals surface area contributed by atoms with Crippen LogP contribution in [0.25, 0.3) is 21.9 Å². The predicted molar refractivity (Wildman–Crippen MR) is 107 cm³/mol. The summed E-state index contributed by atoms with van der Waals surface area (Å²) in [5, 5.41) is 1.27. The fourth-order valence-corrected chi connectivity index (χ4v) is 3.51. The molecule has 0 fully saturated rings. The average Bonchev–Trinajstić information content (AvgIpc) is 2.59. The maximum Gasteiger partial charge on any atom is 0.258 e. The highest BCUT2D eigenvalue weighted by Crippen LogP contribution is 2.34. The van der Waals surface area contributed by atoms with Crippen molar-refractivity contribution in [2.45, 2.75) is 52.5 Å². The van der Waals surface area contributed by atoms with Gasteiger partial charge in [-0.25, -0.2) is 8.78 Å². The minimum Gasteiger partial charge on any atom is -0.314 e. The first kappa shape index (κ1) is 19.3. The molecule has 0 saturated carbocycles. The van der Waals surface area contributed by atoms with Crippen LogP contribution in [0.1, 0.15) is 46.1 Å². The molecule has 3 rings (SSSR count). The van der Waals surface area contributed by atoms with Crippen LogP contribution in [0.2, 0.25) is 0 Å². The summed E-state index contributed by atoms with van der Waals surface area (Å²) in [5.74, 6) is -1.12. The number of pyridine rings is 1. The standard InChI is InChI=1S/C23H25F2NO/c1-5-6-11-26-14-18(16-9-7-8-10-17(16)22(26)27)15-12-19(24)21(20(25)13-15)23(2,3)4/h7-10,12-14H,5-6,11H2,1-4H3. The number of aromatic nitrogens is 1. The van der Waals surface area contributed by atoms with Crippen molar-refractivity contribution in [3.63, 3.8) is 0 Å². The third-order valence-corrected chi connectivity index (χ3v) is 4.85. The molecule has 2 aromatic carbocycles. The maximum absolute atomic E-state index is 14.8. The Morgan fingerprint density at radius 2 is 1.59 bits per heavy atom. The lowest BCUT2D eigenvalue weighted by molar-refractivity contribution is 0.476. The Morgan fingerprint density at radius 1 is 1.00 bits per heavy atom. The van der Waals surface area contributed by atoms with Crippen LogP contribution in [-0.2, 0) is 12.0 Å². The lowest BCUT2D eigenvalue weighted by atomic mass is 9.85. The molecule has 0 amide bonds. The van der Waals surface area contributed by atoms with E-state index in [1.165, 1.54) is 12.1 Å². The van der Waals surface area contributed by atoms with Crippen molar-refractivity contribution < 1.29 is 8.78 Å². The summed E-state index contributed by atoms with van der Waals surface area (Å²) >= 11 is 0. The minimum atomic E-state index is -0.630. The SMILES string of the molecule is CCCCn1cc(-c2cc(F)c(C(C)(C)C)c(F)c2)c2ccccc2c1=O. The van der Waals surface area contributed by atoms with Crippen molar-refractivity contribution in [2.24, 2.45) is 0 Å². The fourth-order valence-electron chi connectivity index (χ4n) is 3.51. The number of hydrogen-bond acceptors (Lipinski definition) is 1. The number of hydrogen-bond donors (Lipinski definition) is 0. The third kappa shape index (κ3) is 3.66. The molecule has 3 aromatic rings. The Kier molecular flexibility index (Phi) is 5.18. The van der Waals surface area contributed by atoms with E-state index in [4.69, 9.17) is 0 Å². The van der Waals surface area contributed by atoms with Crippen LogP contribution >= 0.6 is 0 Å². The van der Waals surface area contributed by atoms with Gasteiger partial charge in [0.05, 0.1) is 0 Å². The van der Waals surface area contributed by atoms with Gasteiger partial charge in [0, 0.05) is 29.3 Å². The van der Waals surface area contributed by atoms with Crippen LogP contribution in [0.15, 0.2) is 47.4 Å². The highest BCUT2D eigenvalue weighted by Gasteiger charge is 2.24. The second-order valence-corrected chi connectivity index (χ2v) is 8.01. The smallest absolute Gasteiger partial charge is 0.258 e. The number of nitrogens with zero attached hydrogens (tertiary/aromatic N) is 1. The van der Waals surface area contributed by atoms with Gasteiger partial charge in [-0.2, -0.15) is 0 Å². The van der Waals surface area contributed by atoms with Crippen molar-refractivity contribution in [3.8, 4) is 11.1 Å². The molecule has 0 radical (unpaired) electrons. The van der Waals surface area contributed by atoms with Gasteiger partial charge in [0.25, 0.3) is 5.56 Å². The minimum absolute atomic E-state index is 0.0740. The van der Waals surface area contributed by atoms with E-state index in [2.05, 4.69) is 6.92 Å². The molecule has 142 valence electrons. The molecular weight excluding hydrogens is 344 g/mol. The molecule has 2 nitrogen and oxygen atoms in total. The molecule has 0 aliphatic rings. The third-order valence-electron chi connectivity index (χ3n) is 4.85. The lowest BCUT2D eigenvalue weighted by Crippen LogP contribution is -2.20. The molecular formula is C23H25F2NO. The molecule has 4 heteroatoms. The number of benzene rings is 2. The summed E-state index contributed by atoms with van der Waals surface area (Å²) in [6.07, 6.45) is 3.55. The van der Waals surface area contributed by atoms with E-state index in [0.717, 1.165) is 12.8 Å². The van der Waals surface area contributed by atoms with E-state index >= 15 is 0 Å². The van der Waals surface area contributed by atoms with Crippen molar-refractivity contribution >= 4 is 10.8 Å². The first-order chi connectivity index (χ1) is 12.7. The summed E-state index contributed by atoms with van der Waals surface area (Å²) < 4.78 is 31.2. The normalized spacial score (nSPS) is 11.9. The number of rotatable bonds is 4. The van der Waals surface area contributed by atoms with Crippen LogP contribution in [0.5, 0.6) is 0 Å². The van der Waals surface area contributed by atoms with E-state index in [0.29, 0.717) is 28.4 Å². The molecule has 0 unspecified atom stereocenters. The number of fused-ring (bicyclic) bond motifs is 1.